The van der Waals surface area contributed by atoms with E-state index in [2.05, 4.69) is 36.5 Å². The number of thiazole rings is 1. The first-order chi connectivity index (χ1) is 7.43. The van der Waals surface area contributed by atoms with Crippen molar-refractivity contribution in [1.29, 1.82) is 0 Å². The fourth-order valence-electron chi connectivity index (χ4n) is 1.23. The summed E-state index contributed by atoms with van der Waals surface area (Å²) in [6.45, 7) is 9.87. The van der Waals surface area contributed by atoms with Crippen molar-refractivity contribution in [2.75, 3.05) is 6.54 Å². The number of rotatable bonds is 5. The van der Waals surface area contributed by atoms with Crippen LogP contribution in [0.15, 0.2) is 5.38 Å². The average molecular weight is 242 g/mol. The van der Waals surface area contributed by atoms with E-state index in [1.165, 1.54) is 0 Å². The molecule has 1 aromatic heterocycles. The summed E-state index contributed by atoms with van der Waals surface area (Å²) in [6, 6.07) is 0. The molecule has 0 bridgehead atoms. The highest BCUT2D eigenvalue weighted by molar-refractivity contribution is 7.09. The van der Waals surface area contributed by atoms with Gasteiger partial charge in [-0.25, -0.2) is 4.98 Å². The van der Waals surface area contributed by atoms with E-state index in [1.54, 1.807) is 11.3 Å². The monoisotopic (exact) mass is 242 g/mol. The van der Waals surface area contributed by atoms with E-state index in [9.17, 15) is 5.11 Å². The first kappa shape index (κ1) is 13.6. The van der Waals surface area contributed by atoms with Gasteiger partial charge in [0, 0.05) is 23.9 Å². The molecule has 4 heteroatoms. The van der Waals surface area contributed by atoms with Gasteiger partial charge in [-0.1, -0.05) is 27.7 Å². The molecule has 3 nitrogen and oxygen atoms in total. The SMILES string of the molecule is CCC(O)CNCc1nc(C(C)(C)C)cs1. The van der Waals surface area contributed by atoms with Crippen LogP contribution in [-0.4, -0.2) is 22.7 Å². The van der Waals surface area contributed by atoms with E-state index in [-0.39, 0.29) is 11.5 Å². The maximum atomic E-state index is 9.39. The molecule has 0 aromatic carbocycles. The molecule has 1 unspecified atom stereocenters. The van der Waals surface area contributed by atoms with Gasteiger partial charge in [-0.15, -0.1) is 11.3 Å². The van der Waals surface area contributed by atoms with Crippen LogP contribution in [-0.2, 0) is 12.0 Å². The zero-order valence-corrected chi connectivity index (χ0v) is 11.4. The number of hydrogen-bond donors (Lipinski definition) is 2. The zero-order valence-electron chi connectivity index (χ0n) is 10.6. The summed E-state index contributed by atoms with van der Waals surface area (Å²) in [5.41, 5.74) is 1.27. The van der Waals surface area contributed by atoms with Crippen molar-refractivity contribution in [3.8, 4) is 0 Å². The quantitative estimate of drug-likeness (QED) is 0.833. The Balaban J connectivity index is 2.41. The first-order valence-electron chi connectivity index (χ1n) is 5.77. The third-order valence-electron chi connectivity index (χ3n) is 2.45. The van der Waals surface area contributed by atoms with Gasteiger partial charge in [0.2, 0.25) is 0 Å². The predicted octanol–water partition coefficient (Wildman–Crippen LogP) is 2.30. The standard InChI is InChI=1S/C12H22N2OS/c1-5-9(15)6-13-7-11-14-10(8-16-11)12(2,3)4/h8-9,13,15H,5-7H2,1-4H3. The number of nitrogens with zero attached hydrogens (tertiary/aromatic N) is 1. The minimum Gasteiger partial charge on any atom is -0.392 e. The second-order valence-corrected chi connectivity index (χ2v) is 6.01. The Hall–Kier alpha value is -0.450. The fraction of sp³-hybridized carbons (Fsp3) is 0.750. The van der Waals surface area contributed by atoms with E-state index >= 15 is 0 Å². The first-order valence-corrected chi connectivity index (χ1v) is 6.65. The highest BCUT2D eigenvalue weighted by Crippen LogP contribution is 2.23. The Morgan fingerprint density at radius 1 is 1.50 bits per heavy atom. The van der Waals surface area contributed by atoms with Gasteiger partial charge in [-0.2, -0.15) is 0 Å². The van der Waals surface area contributed by atoms with Crippen LogP contribution in [0.25, 0.3) is 0 Å². The maximum absolute atomic E-state index is 9.39. The van der Waals surface area contributed by atoms with E-state index in [1.807, 2.05) is 6.92 Å². The fourth-order valence-corrected chi connectivity index (χ4v) is 2.22. The second-order valence-electron chi connectivity index (χ2n) is 5.07. The summed E-state index contributed by atoms with van der Waals surface area (Å²) in [5.74, 6) is 0. The molecule has 2 N–H and O–H groups in total. The molecular formula is C12H22N2OS. The van der Waals surface area contributed by atoms with Gasteiger partial charge in [-0.05, 0) is 6.42 Å². The lowest BCUT2D eigenvalue weighted by atomic mass is 9.93. The van der Waals surface area contributed by atoms with Crippen molar-refractivity contribution < 1.29 is 5.11 Å². The largest absolute Gasteiger partial charge is 0.392 e. The molecule has 1 atom stereocenters. The third kappa shape index (κ3) is 4.20. The minimum atomic E-state index is -0.248. The zero-order chi connectivity index (χ0) is 12.2. The van der Waals surface area contributed by atoms with Crippen molar-refractivity contribution >= 4 is 11.3 Å². The van der Waals surface area contributed by atoms with Crippen LogP contribution >= 0.6 is 11.3 Å². The molecule has 0 saturated heterocycles. The minimum absolute atomic E-state index is 0.123. The summed E-state index contributed by atoms with van der Waals surface area (Å²) in [7, 11) is 0. The summed E-state index contributed by atoms with van der Waals surface area (Å²) >= 11 is 1.68. The van der Waals surface area contributed by atoms with E-state index < -0.39 is 0 Å². The average Bonchev–Trinajstić information content (AvgIpc) is 2.65. The summed E-state index contributed by atoms with van der Waals surface area (Å²) in [4.78, 5) is 4.58. The van der Waals surface area contributed by atoms with Crippen molar-refractivity contribution in [3.63, 3.8) is 0 Å². The Labute approximate surface area is 102 Å². The van der Waals surface area contributed by atoms with Gasteiger partial charge in [0.25, 0.3) is 0 Å². The molecule has 0 aliphatic carbocycles. The topological polar surface area (TPSA) is 45.1 Å². The molecule has 0 amide bonds. The third-order valence-corrected chi connectivity index (χ3v) is 3.30. The molecule has 0 fully saturated rings. The lowest BCUT2D eigenvalue weighted by molar-refractivity contribution is 0.167. The predicted molar refractivity (Wildman–Crippen MR) is 68.8 cm³/mol. The Morgan fingerprint density at radius 2 is 2.19 bits per heavy atom. The van der Waals surface area contributed by atoms with Crippen LogP contribution in [0.2, 0.25) is 0 Å². The van der Waals surface area contributed by atoms with Gasteiger partial charge >= 0.3 is 0 Å². The maximum Gasteiger partial charge on any atom is 0.107 e. The van der Waals surface area contributed by atoms with Crippen LogP contribution in [0.4, 0.5) is 0 Å². The molecule has 0 radical (unpaired) electrons. The van der Waals surface area contributed by atoms with Gasteiger partial charge in [0.1, 0.15) is 5.01 Å². The normalized spacial score (nSPS) is 14.1. The number of aliphatic hydroxyl groups excluding tert-OH is 1. The van der Waals surface area contributed by atoms with E-state index in [4.69, 9.17) is 0 Å². The highest BCUT2D eigenvalue weighted by Gasteiger charge is 2.17. The van der Waals surface area contributed by atoms with E-state index in [0.717, 1.165) is 23.7 Å². The molecule has 1 aromatic rings. The van der Waals surface area contributed by atoms with Crippen molar-refractivity contribution in [2.24, 2.45) is 0 Å². The molecule has 16 heavy (non-hydrogen) atoms. The number of nitrogens with one attached hydrogen (secondary N) is 1. The molecule has 0 saturated carbocycles. The van der Waals surface area contributed by atoms with Gasteiger partial charge in [0.15, 0.2) is 0 Å². The number of hydrogen-bond acceptors (Lipinski definition) is 4. The smallest absolute Gasteiger partial charge is 0.107 e. The summed E-state index contributed by atoms with van der Waals surface area (Å²) < 4.78 is 0. The Kier molecular flexibility index (Phi) is 4.89. The van der Waals surface area contributed by atoms with Crippen LogP contribution in [0, 0.1) is 0 Å². The molecular weight excluding hydrogens is 220 g/mol. The van der Waals surface area contributed by atoms with Crippen molar-refractivity contribution in [2.45, 2.75) is 52.2 Å². The van der Waals surface area contributed by atoms with Gasteiger partial charge < -0.3 is 10.4 Å². The molecule has 1 rings (SSSR count). The number of aliphatic hydroxyl groups is 1. The van der Waals surface area contributed by atoms with E-state index in [0.29, 0.717) is 6.54 Å². The lowest BCUT2D eigenvalue weighted by Crippen LogP contribution is -2.25. The van der Waals surface area contributed by atoms with Gasteiger partial charge in [-0.3, -0.25) is 0 Å². The van der Waals surface area contributed by atoms with Gasteiger partial charge in [0.05, 0.1) is 11.8 Å². The van der Waals surface area contributed by atoms with Crippen LogP contribution < -0.4 is 5.32 Å². The molecule has 1 heterocycles. The summed E-state index contributed by atoms with van der Waals surface area (Å²) in [5, 5.41) is 15.8. The second kappa shape index (κ2) is 5.75. The molecule has 0 aliphatic heterocycles. The molecule has 92 valence electrons. The number of aromatic nitrogens is 1. The lowest BCUT2D eigenvalue weighted by Gasteiger charge is -2.14. The van der Waals surface area contributed by atoms with Crippen LogP contribution in [0.3, 0.4) is 0 Å². The summed E-state index contributed by atoms with van der Waals surface area (Å²) in [6.07, 6.45) is 0.542. The van der Waals surface area contributed by atoms with Crippen molar-refractivity contribution in [1.82, 2.24) is 10.3 Å². The van der Waals surface area contributed by atoms with Crippen LogP contribution in [0.1, 0.15) is 44.8 Å². The molecule has 0 aliphatic rings. The van der Waals surface area contributed by atoms with Crippen LogP contribution in [0.5, 0.6) is 0 Å². The molecule has 0 spiro atoms. The van der Waals surface area contributed by atoms with Crippen molar-refractivity contribution in [3.05, 3.63) is 16.1 Å². The Bertz CT molecular complexity index is 317. The Morgan fingerprint density at radius 3 is 2.69 bits per heavy atom. The highest BCUT2D eigenvalue weighted by atomic mass is 32.1.